The molecule has 1 aromatic carbocycles. The van der Waals surface area contributed by atoms with Crippen LogP contribution in [0.1, 0.15) is 33.6 Å². The van der Waals surface area contributed by atoms with Crippen molar-refractivity contribution in [3.63, 3.8) is 0 Å². The molecule has 3 N–H and O–H groups in total. The van der Waals surface area contributed by atoms with Crippen LogP contribution in [-0.2, 0) is 6.42 Å². The molecule has 0 aliphatic rings. The van der Waals surface area contributed by atoms with Crippen molar-refractivity contribution in [1.29, 1.82) is 5.26 Å². The predicted octanol–water partition coefficient (Wildman–Crippen LogP) is 2.13. The fourth-order valence-electron chi connectivity index (χ4n) is 2.27. The van der Waals surface area contributed by atoms with Gasteiger partial charge in [0.15, 0.2) is 5.82 Å². The molecule has 0 radical (unpaired) electrons. The number of aromatic amines is 1. The normalized spacial score (nSPS) is 10.3. The van der Waals surface area contributed by atoms with Crippen molar-refractivity contribution in [1.82, 2.24) is 15.5 Å². The summed E-state index contributed by atoms with van der Waals surface area (Å²) in [5.74, 6) is -0.628. The summed E-state index contributed by atoms with van der Waals surface area (Å²) in [5, 5.41) is 21.7. The minimum atomic E-state index is -0.424. The maximum absolute atomic E-state index is 13.1. The average Bonchev–Trinajstić information content (AvgIpc) is 2.89. The Morgan fingerprint density at radius 1 is 1.48 bits per heavy atom. The van der Waals surface area contributed by atoms with Crippen molar-refractivity contribution in [3.05, 3.63) is 46.4 Å². The lowest BCUT2D eigenvalue weighted by molar-refractivity contribution is 0.102. The summed E-state index contributed by atoms with van der Waals surface area (Å²) in [5.41, 5.74) is 1.88. The van der Waals surface area contributed by atoms with Gasteiger partial charge >= 0.3 is 0 Å². The molecule has 0 unspecified atom stereocenters. The minimum Gasteiger partial charge on any atom is -0.320 e. The first-order valence-corrected chi connectivity index (χ1v) is 7.26. The SMILES string of the molecule is CNCCCc1[nH]nc(NC(=O)c2ccc(F)cc2C)c1C#N. The summed E-state index contributed by atoms with van der Waals surface area (Å²) < 4.78 is 13.1. The van der Waals surface area contributed by atoms with Gasteiger partial charge in [-0.25, -0.2) is 4.39 Å². The molecule has 0 fully saturated rings. The van der Waals surface area contributed by atoms with E-state index in [-0.39, 0.29) is 5.82 Å². The summed E-state index contributed by atoms with van der Waals surface area (Å²) in [6.07, 6.45) is 1.50. The highest BCUT2D eigenvalue weighted by Crippen LogP contribution is 2.19. The van der Waals surface area contributed by atoms with Crippen molar-refractivity contribution < 1.29 is 9.18 Å². The number of nitriles is 1. The molecule has 120 valence electrons. The van der Waals surface area contributed by atoms with Crippen LogP contribution < -0.4 is 10.6 Å². The van der Waals surface area contributed by atoms with Crippen LogP contribution in [0.25, 0.3) is 0 Å². The minimum absolute atomic E-state index is 0.195. The Morgan fingerprint density at radius 3 is 2.91 bits per heavy atom. The van der Waals surface area contributed by atoms with Crippen LogP contribution in [0, 0.1) is 24.1 Å². The first-order valence-electron chi connectivity index (χ1n) is 7.26. The quantitative estimate of drug-likeness (QED) is 0.712. The summed E-state index contributed by atoms with van der Waals surface area (Å²) >= 11 is 0. The number of hydrogen-bond acceptors (Lipinski definition) is 4. The van der Waals surface area contributed by atoms with Gasteiger partial charge in [0.05, 0.1) is 5.69 Å². The molecule has 0 saturated carbocycles. The summed E-state index contributed by atoms with van der Waals surface area (Å²) in [4.78, 5) is 12.3. The number of anilines is 1. The fraction of sp³-hybridized carbons (Fsp3) is 0.312. The van der Waals surface area contributed by atoms with Crippen LogP contribution in [0.3, 0.4) is 0 Å². The van der Waals surface area contributed by atoms with Gasteiger partial charge in [0, 0.05) is 5.56 Å². The molecule has 7 heteroatoms. The van der Waals surface area contributed by atoms with Crippen molar-refractivity contribution in [3.8, 4) is 6.07 Å². The molecule has 1 amide bonds. The third-order valence-corrected chi connectivity index (χ3v) is 3.47. The van der Waals surface area contributed by atoms with Gasteiger partial charge in [0.2, 0.25) is 0 Å². The van der Waals surface area contributed by atoms with Crippen molar-refractivity contribution in [2.75, 3.05) is 18.9 Å². The monoisotopic (exact) mass is 315 g/mol. The Morgan fingerprint density at radius 2 is 2.26 bits per heavy atom. The maximum Gasteiger partial charge on any atom is 0.257 e. The third-order valence-electron chi connectivity index (χ3n) is 3.47. The molecule has 6 nitrogen and oxygen atoms in total. The van der Waals surface area contributed by atoms with Gasteiger partial charge in [-0.15, -0.1) is 0 Å². The van der Waals surface area contributed by atoms with E-state index in [0.29, 0.717) is 28.8 Å². The molecule has 1 aromatic heterocycles. The van der Waals surface area contributed by atoms with Gasteiger partial charge in [0.25, 0.3) is 5.91 Å². The largest absolute Gasteiger partial charge is 0.320 e. The second-order valence-electron chi connectivity index (χ2n) is 5.16. The lowest BCUT2D eigenvalue weighted by atomic mass is 10.1. The zero-order chi connectivity index (χ0) is 16.8. The highest BCUT2D eigenvalue weighted by molar-refractivity contribution is 6.05. The fourth-order valence-corrected chi connectivity index (χ4v) is 2.27. The van der Waals surface area contributed by atoms with Crippen LogP contribution in [0.5, 0.6) is 0 Å². The Kier molecular flexibility index (Phi) is 5.44. The number of nitrogens with zero attached hydrogens (tertiary/aromatic N) is 2. The number of nitrogens with one attached hydrogen (secondary N) is 3. The summed E-state index contributed by atoms with van der Waals surface area (Å²) in [6.45, 7) is 2.47. The van der Waals surface area contributed by atoms with E-state index in [0.717, 1.165) is 13.0 Å². The first kappa shape index (κ1) is 16.6. The number of aromatic nitrogens is 2. The number of carbonyl (C=O) groups is 1. The molecule has 2 rings (SSSR count). The lowest BCUT2D eigenvalue weighted by Gasteiger charge is -2.06. The number of rotatable bonds is 6. The van der Waals surface area contributed by atoms with E-state index in [9.17, 15) is 14.4 Å². The molecule has 0 bridgehead atoms. The number of halogens is 1. The molecule has 0 aliphatic carbocycles. The van der Waals surface area contributed by atoms with Crippen LogP contribution in [0.15, 0.2) is 18.2 Å². The molecule has 0 saturated heterocycles. The Labute approximate surface area is 133 Å². The number of aryl methyl sites for hydroxylation is 2. The number of H-pyrrole nitrogens is 1. The molecular weight excluding hydrogens is 297 g/mol. The molecular formula is C16H18FN5O. The Bertz CT molecular complexity index is 747. The zero-order valence-corrected chi connectivity index (χ0v) is 13.0. The standard InChI is InChI=1S/C16H18FN5O/c1-10-8-11(17)5-6-12(10)16(23)20-15-13(9-18)14(21-22-15)4-3-7-19-2/h5-6,8,19H,3-4,7H2,1-2H3,(H2,20,21,22,23). The third kappa shape index (κ3) is 3.93. The van der Waals surface area contributed by atoms with Gasteiger partial charge in [0.1, 0.15) is 17.4 Å². The van der Waals surface area contributed by atoms with Crippen LogP contribution in [-0.4, -0.2) is 29.7 Å². The molecule has 2 aromatic rings. The number of benzene rings is 1. The van der Waals surface area contributed by atoms with E-state index in [1.54, 1.807) is 6.92 Å². The van der Waals surface area contributed by atoms with Gasteiger partial charge < -0.3 is 10.6 Å². The van der Waals surface area contributed by atoms with Crippen molar-refractivity contribution in [2.24, 2.45) is 0 Å². The van der Waals surface area contributed by atoms with Gasteiger partial charge in [-0.1, -0.05) is 0 Å². The van der Waals surface area contributed by atoms with E-state index in [2.05, 4.69) is 26.9 Å². The smallest absolute Gasteiger partial charge is 0.257 e. The molecule has 0 aliphatic heterocycles. The van der Waals surface area contributed by atoms with Gasteiger partial charge in [-0.05, 0) is 57.1 Å². The maximum atomic E-state index is 13.1. The lowest BCUT2D eigenvalue weighted by Crippen LogP contribution is -2.14. The number of amides is 1. The van der Waals surface area contributed by atoms with E-state index < -0.39 is 11.7 Å². The van der Waals surface area contributed by atoms with Crippen molar-refractivity contribution in [2.45, 2.75) is 19.8 Å². The van der Waals surface area contributed by atoms with E-state index in [1.165, 1.54) is 18.2 Å². The summed E-state index contributed by atoms with van der Waals surface area (Å²) in [7, 11) is 1.86. The van der Waals surface area contributed by atoms with Gasteiger partial charge in [-0.2, -0.15) is 10.4 Å². The van der Waals surface area contributed by atoms with E-state index in [4.69, 9.17) is 0 Å². The predicted molar refractivity (Wildman–Crippen MR) is 84.6 cm³/mol. The second kappa shape index (κ2) is 7.51. The Hall–Kier alpha value is -2.72. The van der Waals surface area contributed by atoms with E-state index in [1.807, 2.05) is 7.05 Å². The number of hydrogen-bond donors (Lipinski definition) is 3. The van der Waals surface area contributed by atoms with Crippen LogP contribution in [0.2, 0.25) is 0 Å². The highest BCUT2D eigenvalue weighted by Gasteiger charge is 2.17. The van der Waals surface area contributed by atoms with Crippen LogP contribution >= 0.6 is 0 Å². The van der Waals surface area contributed by atoms with Crippen LogP contribution in [0.4, 0.5) is 10.2 Å². The Balaban J connectivity index is 2.16. The van der Waals surface area contributed by atoms with Gasteiger partial charge in [-0.3, -0.25) is 9.89 Å². The number of carbonyl (C=O) groups excluding carboxylic acids is 1. The molecule has 1 heterocycles. The second-order valence-corrected chi connectivity index (χ2v) is 5.16. The molecule has 23 heavy (non-hydrogen) atoms. The highest BCUT2D eigenvalue weighted by atomic mass is 19.1. The van der Waals surface area contributed by atoms with E-state index >= 15 is 0 Å². The van der Waals surface area contributed by atoms with Crippen molar-refractivity contribution >= 4 is 11.7 Å². The first-order chi connectivity index (χ1) is 11.1. The zero-order valence-electron chi connectivity index (χ0n) is 13.0. The molecule has 0 spiro atoms. The average molecular weight is 315 g/mol. The topological polar surface area (TPSA) is 93.6 Å². The summed E-state index contributed by atoms with van der Waals surface area (Å²) in [6, 6.07) is 5.98. The molecule has 0 atom stereocenters.